The maximum absolute atomic E-state index is 14.0. The van der Waals surface area contributed by atoms with E-state index in [0.717, 1.165) is 5.69 Å². The number of nitrogens with one attached hydrogen (secondary N) is 1. The van der Waals surface area contributed by atoms with Crippen LogP contribution in [0.15, 0.2) is 24.4 Å². The lowest BCUT2D eigenvalue weighted by molar-refractivity contribution is 0.413. The molecule has 0 bridgehead atoms. The minimum atomic E-state index is -0.315. The van der Waals surface area contributed by atoms with Gasteiger partial charge in [0.1, 0.15) is 11.6 Å². The summed E-state index contributed by atoms with van der Waals surface area (Å²) in [5, 5.41) is 3.20. The number of imidazole rings is 1. The van der Waals surface area contributed by atoms with Crippen LogP contribution in [0.25, 0.3) is 5.69 Å². The third-order valence-electron chi connectivity index (χ3n) is 2.66. The van der Waals surface area contributed by atoms with Crippen molar-refractivity contribution in [2.45, 2.75) is 26.8 Å². The minimum Gasteiger partial charge on any atom is -0.497 e. The molecule has 0 fully saturated rings. The van der Waals surface area contributed by atoms with Crippen molar-refractivity contribution in [3.8, 4) is 11.4 Å². The number of benzene rings is 1. The smallest absolute Gasteiger partial charge is 0.208 e. The van der Waals surface area contributed by atoms with Gasteiger partial charge in [-0.2, -0.15) is 0 Å². The molecule has 0 saturated heterocycles. The molecule has 5 heteroatoms. The van der Waals surface area contributed by atoms with Crippen molar-refractivity contribution in [2.24, 2.45) is 0 Å². The van der Waals surface area contributed by atoms with Crippen LogP contribution in [0.2, 0.25) is 0 Å². The van der Waals surface area contributed by atoms with E-state index in [4.69, 9.17) is 4.74 Å². The Morgan fingerprint density at radius 2 is 2.11 bits per heavy atom. The van der Waals surface area contributed by atoms with Gasteiger partial charge in [0.25, 0.3) is 0 Å². The molecular formula is C14H18FN3O. The number of aryl methyl sites for hydroxylation is 1. The third-order valence-corrected chi connectivity index (χ3v) is 2.66. The topological polar surface area (TPSA) is 39.1 Å². The van der Waals surface area contributed by atoms with E-state index in [0.29, 0.717) is 17.4 Å². The zero-order chi connectivity index (χ0) is 14.0. The quantitative estimate of drug-likeness (QED) is 0.921. The fourth-order valence-corrected chi connectivity index (χ4v) is 1.85. The van der Waals surface area contributed by atoms with Gasteiger partial charge < -0.3 is 10.1 Å². The summed E-state index contributed by atoms with van der Waals surface area (Å²) in [6.07, 6.45) is 1.79. The van der Waals surface area contributed by atoms with Gasteiger partial charge in [-0.25, -0.2) is 9.37 Å². The number of ether oxygens (including phenoxy) is 1. The first-order valence-corrected chi connectivity index (χ1v) is 6.17. The summed E-state index contributed by atoms with van der Waals surface area (Å²) in [6, 6.07) is 4.86. The van der Waals surface area contributed by atoms with Crippen molar-refractivity contribution >= 4 is 5.95 Å². The van der Waals surface area contributed by atoms with E-state index in [1.54, 1.807) is 30.0 Å². The van der Waals surface area contributed by atoms with Crippen LogP contribution < -0.4 is 10.1 Å². The molecule has 102 valence electrons. The van der Waals surface area contributed by atoms with Gasteiger partial charge in [-0.05, 0) is 32.9 Å². The van der Waals surface area contributed by atoms with Gasteiger partial charge in [0.05, 0.1) is 18.5 Å². The molecule has 2 aromatic rings. The molecule has 19 heavy (non-hydrogen) atoms. The van der Waals surface area contributed by atoms with Crippen LogP contribution in [0.5, 0.6) is 5.75 Å². The van der Waals surface area contributed by atoms with E-state index in [-0.39, 0.29) is 11.9 Å². The third kappa shape index (κ3) is 2.86. The van der Waals surface area contributed by atoms with Crippen molar-refractivity contribution < 1.29 is 9.13 Å². The first kappa shape index (κ1) is 13.4. The molecule has 4 nitrogen and oxygen atoms in total. The highest BCUT2D eigenvalue weighted by Crippen LogP contribution is 2.24. The largest absolute Gasteiger partial charge is 0.497 e. The molecule has 0 aliphatic carbocycles. The Morgan fingerprint density at radius 3 is 2.74 bits per heavy atom. The number of hydrogen-bond acceptors (Lipinski definition) is 3. The number of anilines is 1. The number of rotatable bonds is 4. The molecule has 0 aliphatic rings. The van der Waals surface area contributed by atoms with E-state index in [9.17, 15) is 4.39 Å². The number of halogens is 1. The molecule has 0 amide bonds. The van der Waals surface area contributed by atoms with Crippen LogP contribution in [0.4, 0.5) is 10.3 Å². The number of methoxy groups -OCH3 is 1. The molecule has 0 spiro atoms. The lowest BCUT2D eigenvalue weighted by atomic mass is 10.3. The zero-order valence-corrected chi connectivity index (χ0v) is 11.6. The van der Waals surface area contributed by atoms with Crippen LogP contribution in [-0.4, -0.2) is 22.7 Å². The van der Waals surface area contributed by atoms with Crippen LogP contribution in [0, 0.1) is 12.7 Å². The maximum Gasteiger partial charge on any atom is 0.208 e. The lowest BCUT2D eigenvalue weighted by Gasteiger charge is -2.13. The van der Waals surface area contributed by atoms with E-state index in [2.05, 4.69) is 10.3 Å². The Balaban J connectivity index is 2.51. The van der Waals surface area contributed by atoms with Crippen LogP contribution >= 0.6 is 0 Å². The molecule has 1 aromatic carbocycles. The minimum absolute atomic E-state index is 0.217. The summed E-state index contributed by atoms with van der Waals surface area (Å²) in [7, 11) is 1.56. The molecule has 1 N–H and O–H groups in total. The van der Waals surface area contributed by atoms with Crippen LogP contribution in [-0.2, 0) is 0 Å². The fourth-order valence-electron chi connectivity index (χ4n) is 1.85. The molecule has 0 aliphatic heterocycles. The van der Waals surface area contributed by atoms with Gasteiger partial charge in [0.2, 0.25) is 5.95 Å². The van der Waals surface area contributed by atoms with Crippen LogP contribution in [0.1, 0.15) is 19.5 Å². The molecule has 0 radical (unpaired) electrons. The first-order valence-electron chi connectivity index (χ1n) is 6.17. The fraction of sp³-hybridized carbons (Fsp3) is 0.357. The monoisotopic (exact) mass is 263 g/mol. The predicted molar refractivity (Wildman–Crippen MR) is 73.6 cm³/mol. The normalized spacial score (nSPS) is 10.8. The summed E-state index contributed by atoms with van der Waals surface area (Å²) in [5.41, 5.74) is 1.24. The average Bonchev–Trinajstić information content (AvgIpc) is 2.70. The van der Waals surface area contributed by atoms with E-state index in [1.165, 1.54) is 6.07 Å². The van der Waals surface area contributed by atoms with Gasteiger partial charge in [0.15, 0.2) is 0 Å². The van der Waals surface area contributed by atoms with E-state index in [1.807, 2.05) is 20.8 Å². The summed E-state index contributed by atoms with van der Waals surface area (Å²) in [5.74, 6) is 0.919. The van der Waals surface area contributed by atoms with Crippen molar-refractivity contribution in [1.29, 1.82) is 0 Å². The second-order valence-electron chi connectivity index (χ2n) is 4.69. The van der Waals surface area contributed by atoms with Crippen molar-refractivity contribution in [3.05, 3.63) is 35.9 Å². The standard InChI is InChI=1S/C14H18FN3O/c1-9(2)16-14-17-10(3)8-18(14)13-7-11(19-4)5-6-12(13)15/h5-9H,1-4H3,(H,16,17). The Labute approximate surface area is 112 Å². The molecule has 2 rings (SSSR count). The highest BCUT2D eigenvalue weighted by Gasteiger charge is 2.13. The molecule has 1 aromatic heterocycles. The van der Waals surface area contributed by atoms with Crippen molar-refractivity contribution in [1.82, 2.24) is 9.55 Å². The van der Waals surface area contributed by atoms with E-state index < -0.39 is 0 Å². The van der Waals surface area contributed by atoms with E-state index >= 15 is 0 Å². The van der Waals surface area contributed by atoms with Crippen molar-refractivity contribution in [2.75, 3.05) is 12.4 Å². The Morgan fingerprint density at radius 1 is 1.37 bits per heavy atom. The average molecular weight is 263 g/mol. The number of aromatic nitrogens is 2. The molecular weight excluding hydrogens is 245 g/mol. The first-order chi connectivity index (χ1) is 9.01. The van der Waals surface area contributed by atoms with Crippen LogP contribution in [0.3, 0.4) is 0 Å². The highest BCUT2D eigenvalue weighted by molar-refractivity contribution is 5.47. The van der Waals surface area contributed by atoms with Gasteiger partial charge in [-0.15, -0.1) is 0 Å². The van der Waals surface area contributed by atoms with Gasteiger partial charge in [-0.1, -0.05) is 0 Å². The van der Waals surface area contributed by atoms with Crippen molar-refractivity contribution in [3.63, 3.8) is 0 Å². The highest BCUT2D eigenvalue weighted by atomic mass is 19.1. The Bertz CT molecular complexity index is 578. The number of hydrogen-bond donors (Lipinski definition) is 1. The zero-order valence-electron chi connectivity index (χ0n) is 11.6. The Kier molecular flexibility index (Phi) is 3.74. The summed E-state index contributed by atoms with van der Waals surface area (Å²) in [4.78, 5) is 4.37. The van der Waals surface area contributed by atoms with Gasteiger partial charge >= 0.3 is 0 Å². The van der Waals surface area contributed by atoms with Gasteiger partial charge in [-0.3, -0.25) is 4.57 Å². The van der Waals surface area contributed by atoms with Gasteiger partial charge in [0, 0.05) is 18.3 Å². The summed E-state index contributed by atoms with van der Waals surface area (Å²) < 4.78 is 20.8. The molecule has 0 unspecified atom stereocenters. The SMILES string of the molecule is COc1ccc(F)c(-n2cc(C)nc2NC(C)C)c1. The maximum atomic E-state index is 14.0. The lowest BCUT2D eigenvalue weighted by Crippen LogP contribution is -2.14. The molecule has 0 saturated carbocycles. The summed E-state index contributed by atoms with van der Waals surface area (Å²) in [6.45, 7) is 5.90. The Hall–Kier alpha value is -2.04. The summed E-state index contributed by atoms with van der Waals surface area (Å²) >= 11 is 0. The molecule has 0 atom stereocenters. The molecule has 1 heterocycles. The number of nitrogens with zero attached hydrogens (tertiary/aromatic N) is 2. The second-order valence-corrected chi connectivity index (χ2v) is 4.69. The predicted octanol–water partition coefficient (Wildman–Crippen LogP) is 3.15. The second kappa shape index (κ2) is 5.30.